The quantitative estimate of drug-likeness (QED) is 0.781. The van der Waals surface area contributed by atoms with Crippen LogP contribution < -0.4 is 11.1 Å². The molecular weight excluding hydrogens is 255 g/mol. The first-order chi connectivity index (χ1) is 8.06. The van der Waals surface area contributed by atoms with Gasteiger partial charge in [-0.2, -0.15) is 11.8 Å². The lowest BCUT2D eigenvalue weighted by molar-refractivity contribution is 0.625. The number of nitrogens with one attached hydrogen (secondary N) is 1. The first-order valence-electron chi connectivity index (χ1n) is 5.37. The fourth-order valence-electron chi connectivity index (χ4n) is 1.55. The molecule has 17 heavy (non-hydrogen) atoms. The van der Waals surface area contributed by atoms with E-state index in [1.165, 1.54) is 6.07 Å². The molecule has 0 aliphatic heterocycles. The summed E-state index contributed by atoms with van der Waals surface area (Å²) in [5.74, 6) is 1.19. The van der Waals surface area contributed by atoms with Gasteiger partial charge in [-0.05, 0) is 30.1 Å². The molecule has 5 heteroatoms. The second-order valence-corrected chi connectivity index (χ2v) is 5.32. The number of nitrogens with two attached hydrogens (primary N) is 1. The van der Waals surface area contributed by atoms with E-state index in [1.807, 2.05) is 0 Å². The van der Waals surface area contributed by atoms with Gasteiger partial charge in [-0.25, -0.2) is 4.39 Å². The van der Waals surface area contributed by atoms with Gasteiger partial charge in [-0.15, -0.1) is 0 Å². The Labute approximate surface area is 111 Å². The fourth-order valence-corrected chi connectivity index (χ4v) is 2.44. The van der Waals surface area contributed by atoms with Crippen LogP contribution >= 0.6 is 24.0 Å². The van der Waals surface area contributed by atoms with Gasteiger partial charge in [0.1, 0.15) is 10.8 Å². The number of hydrogen-bond acceptors (Lipinski definition) is 3. The van der Waals surface area contributed by atoms with Crippen molar-refractivity contribution in [2.45, 2.75) is 6.92 Å². The van der Waals surface area contributed by atoms with E-state index in [1.54, 1.807) is 23.9 Å². The van der Waals surface area contributed by atoms with Crippen molar-refractivity contribution in [2.24, 2.45) is 11.7 Å². The average molecular weight is 272 g/mol. The number of thioether (sulfide) groups is 1. The van der Waals surface area contributed by atoms with Crippen LogP contribution in [0.3, 0.4) is 0 Å². The third kappa shape index (κ3) is 4.16. The van der Waals surface area contributed by atoms with E-state index in [9.17, 15) is 4.39 Å². The summed E-state index contributed by atoms with van der Waals surface area (Å²) in [4.78, 5) is 0.0862. The third-order valence-electron chi connectivity index (χ3n) is 2.35. The molecule has 0 aliphatic carbocycles. The van der Waals surface area contributed by atoms with Gasteiger partial charge in [0, 0.05) is 12.2 Å². The fraction of sp³-hybridized carbons (Fsp3) is 0.417. The van der Waals surface area contributed by atoms with E-state index in [0.29, 0.717) is 17.2 Å². The zero-order valence-corrected chi connectivity index (χ0v) is 11.6. The minimum Gasteiger partial charge on any atom is -0.389 e. The van der Waals surface area contributed by atoms with Crippen LogP contribution in [0.5, 0.6) is 0 Å². The highest BCUT2D eigenvalue weighted by Crippen LogP contribution is 2.19. The molecule has 0 heterocycles. The van der Waals surface area contributed by atoms with Crippen molar-refractivity contribution in [3.63, 3.8) is 0 Å². The summed E-state index contributed by atoms with van der Waals surface area (Å²) >= 11 is 6.66. The molecule has 2 nitrogen and oxygen atoms in total. The normalized spacial score (nSPS) is 12.2. The highest BCUT2D eigenvalue weighted by molar-refractivity contribution is 7.98. The van der Waals surface area contributed by atoms with Crippen LogP contribution in [-0.2, 0) is 0 Å². The molecule has 1 aromatic rings. The summed E-state index contributed by atoms with van der Waals surface area (Å²) in [6.45, 7) is 2.92. The lowest BCUT2D eigenvalue weighted by Gasteiger charge is -2.15. The van der Waals surface area contributed by atoms with Crippen LogP contribution in [0.2, 0.25) is 0 Å². The predicted molar refractivity (Wildman–Crippen MR) is 78.3 cm³/mol. The molecule has 0 radical (unpaired) electrons. The van der Waals surface area contributed by atoms with E-state index in [4.69, 9.17) is 18.0 Å². The lowest BCUT2D eigenvalue weighted by Crippen LogP contribution is -2.19. The van der Waals surface area contributed by atoms with Gasteiger partial charge in [0.2, 0.25) is 0 Å². The van der Waals surface area contributed by atoms with E-state index in [2.05, 4.69) is 18.5 Å². The van der Waals surface area contributed by atoms with Gasteiger partial charge < -0.3 is 11.1 Å². The highest BCUT2D eigenvalue weighted by Gasteiger charge is 2.11. The molecular formula is C12H17FN2S2. The third-order valence-corrected chi connectivity index (χ3v) is 3.46. The van der Waals surface area contributed by atoms with Crippen LogP contribution in [0.1, 0.15) is 12.5 Å². The van der Waals surface area contributed by atoms with Crippen molar-refractivity contribution >= 4 is 34.7 Å². The molecule has 0 aliphatic rings. The molecule has 94 valence electrons. The van der Waals surface area contributed by atoms with Gasteiger partial charge in [0.25, 0.3) is 0 Å². The summed E-state index contributed by atoms with van der Waals surface area (Å²) in [5.41, 5.74) is 6.50. The molecule has 0 bridgehead atoms. The molecule has 0 amide bonds. The zero-order chi connectivity index (χ0) is 12.8. The second kappa shape index (κ2) is 6.81. The van der Waals surface area contributed by atoms with Crippen molar-refractivity contribution in [2.75, 3.05) is 23.9 Å². The second-order valence-electron chi connectivity index (χ2n) is 3.97. The number of hydrogen-bond donors (Lipinski definition) is 2. The van der Waals surface area contributed by atoms with Crippen LogP contribution in [0.25, 0.3) is 0 Å². The monoisotopic (exact) mass is 272 g/mol. The molecule has 3 N–H and O–H groups in total. The first kappa shape index (κ1) is 14.3. The zero-order valence-electron chi connectivity index (χ0n) is 10.00. The van der Waals surface area contributed by atoms with Crippen LogP contribution in [0.4, 0.5) is 10.1 Å². The Morgan fingerprint density at radius 1 is 1.59 bits per heavy atom. The molecule has 0 aromatic heterocycles. The molecule has 1 rings (SSSR count). The molecule has 0 saturated carbocycles. The maximum absolute atomic E-state index is 13.6. The molecule has 1 unspecified atom stereocenters. The summed E-state index contributed by atoms with van der Waals surface area (Å²) in [5, 5.41) is 3.20. The predicted octanol–water partition coefficient (Wildman–Crippen LogP) is 2.87. The summed E-state index contributed by atoms with van der Waals surface area (Å²) in [6.07, 6.45) is 2.07. The van der Waals surface area contributed by atoms with Gasteiger partial charge >= 0.3 is 0 Å². The number of halogens is 1. The lowest BCUT2D eigenvalue weighted by atomic mass is 10.1. The van der Waals surface area contributed by atoms with Crippen molar-refractivity contribution in [3.8, 4) is 0 Å². The van der Waals surface area contributed by atoms with Crippen LogP contribution in [-0.4, -0.2) is 23.5 Å². The van der Waals surface area contributed by atoms with E-state index < -0.39 is 0 Å². The Bertz CT molecular complexity index is 396. The van der Waals surface area contributed by atoms with Crippen molar-refractivity contribution in [1.29, 1.82) is 0 Å². The summed E-state index contributed by atoms with van der Waals surface area (Å²) in [6, 6.07) is 4.81. The largest absolute Gasteiger partial charge is 0.389 e. The average Bonchev–Trinajstić information content (AvgIpc) is 2.26. The van der Waals surface area contributed by atoms with Crippen LogP contribution in [0.15, 0.2) is 18.2 Å². The molecule has 0 spiro atoms. The Kier molecular flexibility index (Phi) is 5.71. The van der Waals surface area contributed by atoms with Gasteiger partial charge in [0.05, 0.1) is 5.56 Å². The molecule has 1 atom stereocenters. The smallest absolute Gasteiger partial charge is 0.135 e. The molecule has 0 saturated heterocycles. The van der Waals surface area contributed by atoms with Gasteiger partial charge in [-0.3, -0.25) is 0 Å². The van der Waals surface area contributed by atoms with Gasteiger partial charge in [-0.1, -0.05) is 25.2 Å². The summed E-state index contributed by atoms with van der Waals surface area (Å²) in [7, 11) is 0. The first-order valence-corrected chi connectivity index (χ1v) is 7.17. The van der Waals surface area contributed by atoms with Crippen molar-refractivity contribution in [3.05, 3.63) is 29.6 Å². The maximum atomic E-state index is 13.6. The van der Waals surface area contributed by atoms with E-state index in [0.717, 1.165) is 12.3 Å². The number of thiocarbonyl (C=S) groups is 1. The Morgan fingerprint density at radius 3 is 2.88 bits per heavy atom. The maximum Gasteiger partial charge on any atom is 0.135 e. The number of benzene rings is 1. The standard InChI is InChI=1S/C12H17FN2S2/c1-8(7-17-2)6-15-10-5-3-4-9(13)11(10)12(14)16/h3-5,8,15H,6-7H2,1-2H3,(H2,14,16). The summed E-state index contributed by atoms with van der Waals surface area (Å²) < 4.78 is 13.6. The molecule has 0 fully saturated rings. The van der Waals surface area contributed by atoms with Crippen molar-refractivity contribution in [1.82, 2.24) is 0 Å². The highest BCUT2D eigenvalue weighted by atomic mass is 32.2. The Hall–Kier alpha value is -0.810. The van der Waals surface area contributed by atoms with E-state index >= 15 is 0 Å². The topological polar surface area (TPSA) is 38.0 Å². The van der Waals surface area contributed by atoms with Gasteiger partial charge in [0.15, 0.2) is 0 Å². The Balaban J connectivity index is 2.77. The number of rotatable bonds is 6. The Morgan fingerprint density at radius 2 is 2.29 bits per heavy atom. The minimum absolute atomic E-state index is 0.0862. The molecule has 1 aromatic carbocycles. The SMILES string of the molecule is CSCC(C)CNc1cccc(F)c1C(N)=S. The van der Waals surface area contributed by atoms with E-state index in [-0.39, 0.29) is 10.8 Å². The number of anilines is 1. The van der Waals surface area contributed by atoms with Crippen molar-refractivity contribution < 1.29 is 4.39 Å². The van der Waals surface area contributed by atoms with Crippen LogP contribution in [0, 0.1) is 11.7 Å². The minimum atomic E-state index is -0.375.